The van der Waals surface area contributed by atoms with Crippen LogP contribution in [0.25, 0.3) is 0 Å². The average molecular weight is 526 g/mol. The number of methoxy groups -OCH3 is 1. The van der Waals surface area contributed by atoms with Gasteiger partial charge in [-0.25, -0.2) is 13.1 Å². The summed E-state index contributed by atoms with van der Waals surface area (Å²) in [7, 11) is -2.04. The van der Waals surface area contributed by atoms with Gasteiger partial charge in [0.25, 0.3) is 0 Å². The second-order valence-corrected chi connectivity index (χ2v) is 10.4. The molecule has 0 atom stereocenters. The van der Waals surface area contributed by atoms with Crippen molar-refractivity contribution >= 4 is 44.7 Å². The van der Waals surface area contributed by atoms with Crippen molar-refractivity contribution in [2.24, 2.45) is 0 Å². The molecule has 5 rings (SSSR count). The smallest absolute Gasteiger partial charge is 0.242 e. The number of hydrogen-bond acceptors (Lipinski definition) is 10. The molecule has 2 aliphatic heterocycles. The Morgan fingerprint density at radius 3 is 2.68 bits per heavy atom. The second kappa shape index (κ2) is 10.8. The molecule has 0 amide bonds. The summed E-state index contributed by atoms with van der Waals surface area (Å²) in [4.78, 5) is 11.8. The summed E-state index contributed by atoms with van der Waals surface area (Å²) in [6.07, 6.45) is 0.720. The minimum absolute atomic E-state index is 0.157. The predicted molar refractivity (Wildman–Crippen MR) is 144 cm³/mol. The van der Waals surface area contributed by atoms with E-state index in [1.807, 2.05) is 18.2 Å². The summed E-state index contributed by atoms with van der Waals surface area (Å²) in [6.45, 7) is 5.82. The van der Waals surface area contributed by atoms with Gasteiger partial charge in [-0.15, -0.1) is 0 Å². The number of nitrogens with zero attached hydrogens (tertiary/aromatic N) is 3. The molecule has 2 aliphatic rings. The zero-order chi connectivity index (χ0) is 25.8. The molecule has 3 heterocycles. The number of aromatic nitrogens is 2. The van der Waals surface area contributed by atoms with Gasteiger partial charge in [-0.05, 0) is 30.7 Å². The van der Waals surface area contributed by atoms with E-state index in [2.05, 4.69) is 30.6 Å². The van der Waals surface area contributed by atoms with Crippen LogP contribution in [-0.4, -0.2) is 64.9 Å². The molecule has 1 saturated heterocycles. The highest BCUT2D eigenvalue weighted by molar-refractivity contribution is 7.89. The van der Waals surface area contributed by atoms with Gasteiger partial charge in [-0.2, -0.15) is 9.97 Å². The molecule has 0 unspecified atom stereocenters. The number of rotatable bonds is 9. The highest BCUT2D eigenvalue weighted by atomic mass is 32.2. The summed E-state index contributed by atoms with van der Waals surface area (Å²) in [5.74, 6) is 2.27. The van der Waals surface area contributed by atoms with E-state index in [1.54, 1.807) is 38.3 Å². The van der Waals surface area contributed by atoms with Gasteiger partial charge in [0.2, 0.25) is 16.0 Å². The largest absolute Gasteiger partial charge is 0.494 e. The van der Waals surface area contributed by atoms with Crippen molar-refractivity contribution in [3.8, 4) is 5.75 Å². The summed E-state index contributed by atoms with van der Waals surface area (Å²) in [5, 5.41) is 9.80. The lowest BCUT2D eigenvalue weighted by molar-refractivity contribution is 0.122. The van der Waals surface area contributed by atoms with Gasteiger partial charge in [0.05, 0.1) is 31.7 Å². The van der Waals surface area contributed by atoms with Crippen LogP contribution in [0.3, 0.4) is 0 Å². The Labute approximate surface area is 216 Å². The molecule has 37 heavy (non-hydrogen) atoms. The summed E-state index contributed by atoms with van der Waals surface area (Å²) < 4.78 is 39.2. The summed E-state index contributed by atoms with van der Waals surface area (Å²) in [5.41, 5.74) is 3.12. The molecule has 0 aliphatic carbocycles. The molecule has 4 N–H and O–H groups in total. The Morgan fingerprint density at radius 2 is 1.89 bits per heavy atom. The number of nitrogens with one attached hydrogen (secondary N) is 4. The minimum Gasteiger partial charge on any atom is -0.494 e. The molecule has 3 aromatic rings. The lowest BCUT2D eigenvalue weighted by Gasteiger charge is -2.29. The fourth-order valence-corrected chi connectivity index (χ4v) is 5.66. The van der Waals surface area contributed by atoms with Crippen LogP contribution in [0.4, 0.5) is 34.6 Å². The van der Waals surface area contributed by atoms with Crippen molar-refractivity contribution in [1.82, 2.24) is 14.7 Å². The van der Waals surface area contributed by atoms with Crippen molar-refractivity contribution in [1.29, 1.82) is 0 Å². The van der Waals surface area contributed by atoms with E-state index in [4.69, 9.17) is 14.5 Å². The van der Waals surface area contributed by atoms with Crippen molar-refractivity contribution < 1.29 is 17.9 Å². The number of fused-ring (bicyclic) bond motifs is 1. The van der Waals surface area contributed by atoms with Crippen LogP contribution in [0.5, 0.6) is 5.75 Å². The normalized spacial score (nSPS) is 15.1. The van der Waals surface area contributed by atoms with Gasteiger partial charge >= 0.3 is 0 Å². The highest BCUT2D eigenvalue weighted by Gasteiger charge is 2.23. The SMILES string of the molecule is CCNS(=O)(=O)c1ccccc1Nc1nc(Nc2ccc(N3CCOCC3)cc2OC)nc2c1CCN2. The lowest BCUT2D eigenvalue weighted by atomic mass is 10.2. The number of benzene rings is 2. The van der Waals surface area contributed by atoms with Gasteiger partial charge < -0.3 is 30.3 Å². The highest BCUT2D eigenvalue weighted by Crippen LogP contribution is 2.35. The zero-order valence-corrected chi connectivity index (χ0v) is 21.7. The molecule has 0 bridgehead atoms. The van der Waals surface area contributed by atoms with Crippen LogP contribution in [-0.2, 0) is 21.2 Å². The number of para-hydroxylation sites is 1. The van der Waals surface area contributed by atoms with E-state index < -0.39 is 10.0 Å². The number of sulfonamides is 1. The van der Waals surface area contributed by atoms with Crippen LogP contribution in [0.15, 0.2) is 47.4 Å². The Morgan fingerprint density at radius 1 is 1.08 bits per heavy atom. The van der Waals surface area contributed by atoms with Crippen molar-refractivity contribution in [3.63, 3.8) is 0 Å². The summed E-state index contributed by atoms with van der Waals surface area (Å²) >= 11 is 0. The van der Waals surface area contributed by atoms with Crippen molar-refractivity contribution in [3.05, 3.63) is 48.0 Å². The number of ether oxygens (including phenoxy) is 2. The van der Waals surface area contributed by atoms with E-state index in [-0.39, 0.29) is 4.90 Å². The minimum atomic E-state index is -3.67. The summed E-state index contributed by atoms with van der Waals surface area (Å²) in [6, 6.07) is 12.7. The first-order valence-electron chi connectivity index (χ1n) is 12.3. The van der Waals surface area contributed by atoms with E-state index in [9.17, 15) is 8.42 Å². The molecule has 1 fully saturated rings. The third kappa shape index (κ3) is 5.41. The maximum atomic E-state index is 12.8. The lowest BCUT2D eigenvalue weighted by Crippen LogP contribution is -2.36. The molecule has 2 aromatic carbocycles. The van der Waals surface area contributed by atoms with E-state index >= 15 is 0 Å². The molecule has 0 saturated carbocycles. The second-order valence-electron chi connectivity index (χ2n) is 8.63. The monoisotopic (exact) mass is 525 g/mol. The molecule has 12 heteroatoms. The van der Waals surface area contributed by atoms with E-state index in [1.165, 1.54) is 0 Å². The average Bonchev–Trinajstić information content (AvgIpc) is 3.39. The fourth-order valence-electron chi connectivity index (χ4n) is 4.45. The quantitative estimate of drug-likeness (QED) is 0.331. The van der Waals surface area contributed by atoms with Crippen LogP contribution in [0, 0.1) is 0 Å². The van der Waals surface area contributed by atoms with E-state index in [0.717, 1.165) is 43.0 Å². The maximum Gasteiger partial charge on any atom is 0.242 e. The third-order valence-electron chi connectivity index (χ3n) is 6.25. The zero-order valence-electron chi connectivity index (χ0n) is 20.9. The van der Waals surface area contributed by atoms with Crippen LogP contribution >= 0.6 is 0 Å². The maximum absolute atomic E-state index is 12.8. The van der Waals surface area contributed by atoms with Crippen LogP contribution < -0.4 is 30.3 Å². The fraction of sp³-hybridized carbons (Fsp3) is 0.360. The Bertz CT molecular complexity index is 1380. The molecule has 0 spiro atoms. The number of anilines is 6. The van der Waals surface area contributed by atoms with Gasteiger partial charge in [0.15, 0.2) is 0 Å². The molecule has 11 nitrogen and oxygen atoms in total. The van der Waals surface area contributed by atoms with Crippen molar-refractivity contribution in [2.45, 2.75) is 18.2 Å². The first kappa shape index (κ1) is 25.1. The molecule has 0 radical (unpaired) electrons. The topological polar surface area (TPSA) is 130 Å². The molecular formula is C25H31N7O4S. The van der Waals surface area contributed by atoms with Crippen LogP contribution in [0.2, 0.25) is 0 Å². The third-order valence-corrected chi connectivity index (χ3v) is 7.85. The van der Waals surface area contributed by atoms with Crippen molar-refractivity contribution in [2.75, 3.05) is 67.4 Å². The Kier molecular flexibility index (Phi) is 7.31. The first-order chi connectivity index (χ1) is 18.0. The standard InChI is InChI=1S/C25H31N7O4S/c1-3-27-37(33,34)22-7-5-4-6-20(22)28-24-18-10-11-26-23(18)30-25(31-24)29-19-9-8-17(16-21(19)35-2)32-12-14-36-15-13-32/h4-9,16,27H,3,10-15H2,1-2H3,(H3,26,28,29,30,31). The predicted octanol–water partition coefficient (Wildman–Crippen LogP) is 3.08. The molecular weight excluding hydrogens is 494 g/mol. The molecule has 1 aromatic heterocycles. The van der Waals surface area contributed by atoms with Gasteiger partial charge in [0.1, 0.15) is 22.3 Å². The van der Waals surface area contributed by atoms with E-state index in [0.29, 0.717) is 48.8 Å². The van der Waals surface area contributed by atoms with Gasteiger partial charge in [-0.3, -0.25) is 0 Å². The Balaban J connectivity index is 1.45. The van der Waals surface area contributed by atoms with Gasteiger partial charge in [0, 0.05) is 43.5 Å². The van der Waals surface area contributed by atoms with Crippen LogP contribution in [0.1, 0.15) is 12.5 Å². The Hall–Kier alpha value is -3.61. The molecule has 196 valence electrons. The number of hydrogen-bond donors (Lipinski definition) is 4. The first-order valence-corrected chi connectivity index (χ1v) is 13.7. The van der Waals surface area contributed by atoms with Gasteiger partial charge in [-0.1, -0.05) is 19.1 Å². The number of morpholine rings is 1.